The normalized spacial score (nSPS) is 10.2. The highest BCUT2D eigenvalue weighted by atomic mass is 35.5. The number of hydrogen-bond donors (Lipinski definition) is 2. The molecule has 6 nitrogen and oxygen atoms in total. The van der Waals surface area contributed by atoms with Gasteiger partial charge in [0, 0.05) is 11.8 Å². The van der Waals surface area contributed by atoms with Crippen molar-refractivity contribution in [1.82, 2.24) is 0 Å². The van der Waals surface area contributed by atoms with Crippen LogP contribution in [-0.4, -0.2) is 18.4 Å². The molecule has 7 heteroatoms. The van der Waals surface area contributed by atoms with E-state index in [9.17, 15) is 9.59 Å². The lowest BCUT2D eigenvalue weighted by molar-refractivity contribution is -0.120. The van der Waals surface area contributed by atoms with Crippen LogP contribution in [0.1, 0.15) is 11.1 Å². The Bertz CT molecular complexity index is 855. The number of benzene rings is 2. The van der Waals surface area contributed by atoms with Gasteiger partial charge in [-0.2, -0.15) is 5.26 Å². The van der Waals surface area contributed by atoms with Crippen LogP contribution in [0.2, 0.25) is 5.02 Å². The molecule has 0 unspecified atom stereocenters. The SMILES string of the molecule is N#Cc1ccc(NC(=O)/C=C/c2ccc(OCC(N)=O)cc2)cc1Cl. The monoisotopic (exact) mass is 355 g/mol. The van der Waals surface area contributed by atoms with Crippen molar-refractivity contribution in [2.75, 3.05) is 11.9 Å². The van der Waals surface area contributed by atoms with Crippen LogP contribution in [0.15, 0.2) is 48.5 Å². The van der Waals surface area contributed by atoms with Crippen molar-refractivity contribution >= 4 is 35.2 Å². The van der Waals surface area contributed by atoms with E-state index in [0.29, 0.717) is 17.0 Å². The Morgan fingerprint density at radius 1 is 1.24 bits per heavy atom. The van der Waals surface area contributed by atoms with Gasteiger partial charge in [0.25, 0.3) is 5.91 Å². The number of nitrogens with one attached hydrogen (secondary N) is 1. The summed E-state index contributed by atoms with van der Waals surface area (Å²) in [5.41, 5.74) is 6.61. The Labute approximate surface area is 149 Å². The first-order chi connectivity index (χ1) is 12.0. The van der Waals surface area contributed by atoms with Crippen molar-refractivity contribution in [3.05, 3.63) is 64.7 Å². The molecule has 126 valence electrons. The molecule has 2 amide bonds. The number of nitriles is 1. The Balaban J connectivity index is 1.94. The van der Waals surface area contributed by atoms with Gasteiger partial charge in [-0.05, 0) is 42.0 Å². The Kier molecular flexibility index (Phi) is 6.15. The number of halogens is 1. The molecule has 0 aliphatic heterocycles. The highest BCUT2D eigenvalue weighted by molar-refractivity contribution is 6.32. The molecule has 0 aliphatic rings. The molecule has 0 heterocycles. The van der Waals surface area contributed by atoms with Gasteiger partial charge >= 0.3 is 0 Å². The molecular formula is C18H14ClN3O3. The molecule has 0 spiro atoms. The zero-order valence-electron chi connectivity index (χ0n) is 13.0. The molecule has 25 heavy (non-hydrogen) atoms. The van der Waals surface area contributed by atoms with E-state index in [1.165, 1.54) is 18.2 Å². The number of anilines is 1. The quantitative estimate of drug-likeness (QED) is 0.777. The lowest BCUT2D eigenvalue weighted by Gasteiger charge is -2.04. The van der Waals surface area contributed by atoms with Gasteiger partial charge in [0.05, 0.1) is 10.6 Å². The molecule has 2 aromatic rings. The van der Waals surface area contributed by atoms with Gasteiger partial charge in [0.2, 0.25) is 5.91 Å². The van der Waals surface area contributed by atoms with Crippen LogP contribution >= 0.6 is 11.6 Å². The summed E-state index contributed by atoms with van der Waals surface area (Å²) < 4.78 is 5.14. The maximum Gasteiger partial charge on any atom is 0.255 e. The zero-order valence-corrected chi connectivity index (χ0v) is 13.8. The molecule has 2 aromatic carbocycles. The number of carbonyl (C=O) groups excluding carboxylic acids is 2. The molecule has 0 radical (unpaired) electrons. The first-order valence-electron chi connectivity index (χ1n) is 7.18. The van der Waals surface area contributed by atoms with Crippen LogP contribution < -0.4 is 15.8 Å². The van der Waals surface area contributed by atoms with Crippen molar-refractivity contribution in [1.29, 1.82) is 5.26 Å². The summed E-state index contributed by atoms with van der Waals surface area (Å²) >= 11 is 5.91. The second kappa shape index (κ2) is 8.52. The summed E-state index contributed by atoms with van der Waals surface area (Å²) in [6, 6.07) is 13.4. The predicted molar refractivity (Wildman–Crippen MR) is 95.0 cm³/mol. The van der Waals surface area contributed by atoms with Crippen molar-refractivity contribution in [3.8, 4) is 11.8 Å². The largest absolute Gasteiger partial charge is 0.484 e. The lowest BCUT2D eigenvalue weighted by Crippen LogP contribution is -2.19. The Morgan fingerprint density at radius 2 is 1.96 bits per heavy atom. The maximum absolute atomic E-state index is 11.9. The summed E-state index contributed by atoms with van der Waals surface area (Å²) in [4.78, 5) is 22.6. The third-order valence-electron chi connectivity index (χ3n) is 3.05. The Morgan fingerprint density at radius 3 is 2.56 bits per heavy atom. The second-order valence-electron chi connectivity index (χ2n) is 4.95. The van der Waals surface area contributed by atoms with Gasteiger partial charge in [-0.25, -0.2) is 0 Å². The Hall–Kier alpha value is -3.30. The molecule has 0 saturated carbocycles. The molecule has 0 atom stereocenters. The van der Waals surface area contributed by atoms with Crippen LogP contribution in [-0.2, 0) is 9.59 Å². The molecule has 0 fully saturated rings. The molecule has 3 N–H and O–H groups in total. The van der Waals surface area contributed by atoms with E-state index in [1.807, 2.05) is 6.07 Å². The van der Waals surface area contributed by atoms with E-state index in [2.05, 4.69) is 5.32 Å². The number of nitrogens with zero attached hydrogens (tertiary/aromatic N) is 1. The molecule has 2 rings (SSSR count). The number of nitrogens with two attached hydrogens (primary N) is 1. The first kappa shape index (κ1) is 18.0. The van der Waals surface area contributed by atoms with Crippen LogP contribution in [0.4, 0.5) is 5.69 Å². The number of rotatable bonds is 6. The number of carbonyl (C=O) groups is 2. The van der Waals surface area contributed by atoms with Crippen molar-refractivity contribution in [2.24, 2.45) is 5.73 Å². The summed E-state index contributed by atoms with van der Waals surface area (Å²) in [5.74, 6) is -0.383. The fourth-order valence-electron chi connectivity index (χ4n) is 1.87. The average molecular weight is 356 g/mol. The van der Waals surface area contributed by atoms with E-state index >= 15 is 0 Å². The fourth-order valence-corrected chi connectivity index (χ4v) is 2.09. The van der Waals surface area contributed by atoms with Crippen LogP contribution in [0.3, 0.4) is 0 Å². The topological polar surface area (TPSA) is 105 Å². The van der Waals surface area contributed by atoms with E-state index in [1.54, 1.807) is 36.4 Å². The molecular weight excluding hydrogens is 342 g/mol. The average Bonchev–Trinajstić information content (AvgIpc) is 2.59. The van der Waals surface area contributed by atoms with E-state index in [-0.39, 0.29) is 17.5 Å². The van der Waals surface area contributed by atoms with Gasteiger partial charge in [-0.3, -0.25) is 9.59 Å². The maximum atomic E-state index is 11.9. The summed E-state index contributed by atoms with van der Waals surface area (Å²) in [7, 11) is 0. The van der Waals surface area contributed by atoms with Gasteiger partial charge in [-0.1, -0.05) is 23.7 Å². The first-order valence-corrected chi connectivity index (χ1v) is 7.55. The number of ether oxygens (including phenoxy) is 1. The van der Waals surface area contributed by atoms with E-state index < -0.39 is 5.91 Å². The predicted octanol–water partition coefficient (Wildman–Crippen LogP) is 2.73. The smallest absolute Gasteiger partial charge is 0.255 e. The second-order valence-corrected chi connectivity index (χ2v) is 5.36. The highest BCUT2D eigenvalue weighted by Crippen LogP contribution is 2.20. The number of hydrogen-bond acceptors (Lipinski definition) is 4. The lowest BCUT2D eigenvalue weighted by atomic mass is 10.2. The molecule has 0 aliphatic carbocycles. The van der Waals surface area contributed by atoms with Crippen LogP contribution in [0.25, 0.3) is 6.08 Å². The minimum atomic E-state index is -0.552. The van der Waals surface area contributed by atoms with Crippen LogP contribution in [0.5, 0.6) is 5.75 Å². The number of primary amides is 1. The van der Waals surface area contributed by atoms with Gasteiger partial charge in [-0.15, -0.1) is 0 Å². The third kappa shape index (κ3) is 5.68. The third-order valence-corrected chi connectivity index (χ3v) is 3.36. The fraction of sp³-hybridized carbons (Fsp3) is 0.0556. The van der Waals surface area contributed by atoms with Gasteiger partial charge in [0.15, 0.2) is 6.61 Å². The number of amides is 2. The summed E-state index contributed by atoms with van der Waals surface area (Å²) in [6.45, 7) is -0.190. The van der Waals surface area contributed by atoms with Crippen LogP contribution in [0, 0.1) is 11.3 Å². The zero-order chi connectivity index (χ0) is 18.2. The van der Waals surface area contributed by atoms with Gasteiger partial charge in [0.1, 0.15) is 11.8 Å². The van der Waals surface area contributed by atoms with E-state index in [4.69, 9.17) is 27.3 Å². The molecule has 0 saturated heterocycles. The minimum absolute atomic E-state index is 0.190. The van der Waals surface area contributed by atoms with Crippen molar-refractivity contribution < 1.29 is 14.3 Å². The van der Waals surface area contributed by atoms with Crippen molar-refractivity contribution in [2.45, 2.75) is 0 Å². The highest BCUT2D eigenvalue weighted by Gasteiger charge is 2.03. The standard InChI is InChI=1S/C18H14ClN3O3/c19-16-9-14(5-4-13(16)10-20)22-18(24)8-3-12-1-6-15(7-2-12)25-11-17(21)23/h1-9H,11H2,(H2,21,23)(H,22,24)/b8-3+. The molecule has 0 aromatic heterocycles. The summed E-state index contributed by atoms with van der Waals surface area (Å²) in [6.07, 6.45) is 2.99. The van der Waals surface area contributed by atoms with E-state index in [0.717, 1.165) is 5.56 Å². The summed E-state index contributed by atoms with van der Waals surface area (Å²) in [5, 5.41) is 11.7. The van der Waals surface area contributed by atoms with Crippen molar-refractivity contribution in [3.63, 3.8) is 0 Å². The molecule has 0 bridgehead atoms. The van der Waals surface area contributed by atoms with Gasteiger partial charge < -0.3 is 15.8 Å². The minimum Gasteiger partial charge on any atom is -0.484 e.